The second-order valence-corrected chi connectivity index (χ2v) is 29.5. The normalized spacial score (nSPS) is 14.4. The summed E-state index contributed by atoms with van der Waals surface area (Å²) >= 11 is 0. The first kappa shape index (κ1) is 56.6. The molecule has 0 saturated carbocycles. The SMILES string of the molecule is CC(C)c1ccc(-c2c3ccccc3c(-c3ccc4c(c3)C(C)(C)c3cc(-c5ccc6c(c5)C(C)(C)c5cc(-c7c8ccccc8c(-c8c9ccccc9c(-c9ccc%10c(c9)C(C)(C)c9ccccc9-%10)c9ccccc89)c8ccccc78)ccc5-6)ccc3-4)c3ccccc23)cc1. The van der Waals surface area contributed by atoms with Crippen molar-refractivity contribution in [1.29, 1.82) is 0 Å². The lowest BCUT2D eigenvalue weighted by atomic mass is 9.78. The molecule has 456 valence electrons. The Kier molecular flexibility index (Phi) is 12.1. The van der Waals surface area contributed by atoms with Gasteiger partial charge in [0.2, 0.25) is 0 Å². The van der Waals surface area contributed by atoms with Crippen LogP contribution < -0.4 is 0 Å². The lowest BCUT2D eigenvalue weighted by molar-refractivity contribution is 0.660. The van der Waals surface area contributed by atoms with Gasteiger partial charge in [-0.1, -0.05) is 310 Å². The summed E-state index contributed by atoms with van der Waals surface area (Å²) in [7, 11) is 0. The molecule has 0 unspecified atom stereocenters. The highest BCUT2D eigenvalue weighted by atomic mass is 14.4. The Balaban J connectivity index is 0.688. The van der Waals surface area contributed by atoms with Crippen LogP contribution in [0.5, 0.6) is 0 Å². The summed E-state index contributed by atoms with van der Waals surface area (Å²) in [6.45, 7) is 19.1. The van der Waals surface area contributed by atoms with E-state index in [1.54, 1.807) is 0 Å². The van der Waals surface area contributed by atoms with Gasteiger partial charge in [-0.3, -0.25) is 0 Å². The van der Waals surface area contributed by atoms with Gasteiger partial charge >= 0.3 is 0 Å². The molecule has 0 aromatic heterocycles. The van der Waals surface area contributed by atoms with Crippen LogP contribution in [0.1, 0.15) is 100 Å². The molecule has 0 fully saturated rings. The van der Waals surface area contributed by atoms with Crippen molar-refractivity contribution in [3.63, 3.8) is 0 Å². The number of hydrogen-bond acceptors (Lipinski definition) is 0. The Morgan fingerprint density at radius 1 is 0.188 bits per heavy atom. The van der Waals surface area contributed by atoms with Gasteiger partial charge in [0.1, 0.15) is 0 Å². The molecular weight excluding hydrogens is 1150 g/mol. The van der Waals surface area contributed by atoms with Crippen LogP contribution in [-0.4, -0.2) is 0 Å². The molecule has 96 heavy (non-hydrogen) atoms. The summed E-state index contributed by atoms with van der Waals surface area (Å²) in [6.07, 6.45) is 0. The minimum atomic E-state index is -0.256. The van der Waals surface area contributed by atoms with Crippen molar-refractivity contribution in [2.75, 3.05) is 0 Å². The lowest BCUT2D eigenvalue weighted by Gasteiger charge is -2.25. The molecule has 3 aliphatic rings. The third kappa shape index (κ3) is 7.97. The molecule has 0 bridgehead atoms. The van der Waals surface area contributed by atoms with Crippen LogP contribution >= 0.6 is 0 Å². The van der Waals surface area contributed by atoms with Crippen molar-refractivity contribution in [2.45, 2.75) is 77.6 Å². The van der Waals surface area contributed by atoms with Gasteiger partial charge in [0, 0.05) is 16.2 Å². The third-order valence-electron chi connectivity index (χ3n) is 23.0. The average Bonchev–Trinajstić information content (AvgIpc) is 0.885. The van der Waals surface area contributed by atoms with Crippen LogP contribution in [-0.2, 0) is 16.2 Å². The van der Waals surface area contributed by atoms with Crippen LogP contribution in [0.4, 0.5) is 0 Å². The molecule has 0 nitrogen and oxygen atoms in total. The van der Waals surface area contributed by atoms with Gasteiger partial charge in [-0.15, -0.1) is 0 Å². The van der Waals surface area contributed by atoms with E-state index in [0.29, 0.717) is 5.92 Å². The zero-order chi connectivity index (χ0) is 64.7. The van der Waals surface area contributed by atoms with Gasteiger partial charge < -0.3 is 0 Å². The van der Waals surface area contributed by atoms with Gasteiger partial charge in [0.05, 0.1) is 0 Å². The zero-order valence-electron chi connectivity index (χ0n) is 55.7. The van der Waals surface area contributed by atoms with Crippen molar-refractivity contribution in [2.24, 2.45) is 0 Å². The predicted molar refractivity (Wildman–Crippen MR) is 411 cm³/mol. The fourth-order valence-corrected chi connectivity index (χ4v) is 18.2. The van der Waals surface area contributed by atoms with E-state index in [0.717, 1.165) is 0 Å². The highest BCUT2D eigenvalue weighted by Gasteiger charge is 2.40. The molecule has 3 aliphatic carbocycles. The molecule has 0 atom stereocenters. The summed E-state index contributed by atoms with van der Waals surface area (Å²) < 4.78 is 0. The Bertz CT molecular complexity index is 5890. The zero-order valence-corrected chi connectivity index (χ0v) is 55.7. The third-order valence-corrected chi connectivity index (χ3v) is 23.0. The van der Waals surface area contributed by atoms with Gasteiger partial charge in [-0.05, 0) is 240 Å². The first-order valence-corrected chi connectivity index (χ1v) is 34.5. The average molecular weight is 1230 g/mol. The van der Waals surface area contributed by atoms with Crippen molar-refractivity contribution >= 4 is 64.6 Å². The summed E-state index contributed by atoms with van der Waals surface area (Å²) in [4.78, 5) is 0. The van der Waals surface area contributed by atoms with E-state index in [1.807, 2.05) is 0 Å². The Morgan fingerprint density at radius 3 is 0.688 bits per heavy atom. The minimum Gasteiger partial charge on any atom is -0.0619 e. The molecular formula is C96H72. The van der Waals surface area contributed by atoms with Crippen LogP contribution in [0.3, 0.4) is 0 Å². The summed E-state index contributed by atoms with van der Waals surface area (Å²) in [5.41, 5.74) is 32.3. The topological polar surface area (TPSA) is 0 Å². The first-order chi connectivity index (χ1) is 46.7. The summed E-state index contributed by atoms with van der Waals surface area (Å²) in [5, 5.41) is 15.2. The number of hydrogen-bond donors (Lipinski definition) is 0. The van der Waals surface area contributed by atoms with E-state index < -0.39 is 0 Å². The van der Waals surface area contributed by atoms with Crippen molar-refractivity contribution in [3.8, 4) is 100 Å². The maximum atomic E-state index is 2.54. The molecule has 0 radical (unpaired) electrons. The monoisotopic (exact) mass is 1220 g/mol. The van der Waals surface area contributed by atoms with Gasteiger partial charge in [0.15, 0.2) is 0 Å². The van der Waals surface area contributed by atoms with Gasteiger partial charge in [-0.2, -0.15) is 0 Å². The van der Waals surface area contributed by atoms with Crippen LogP contribution in [0.2, 0.25) is 0 Å². The molecule has 0 heterocycles. The fourth-order valence-electron chi connectivity index (χ4n) is 18.2. The van der Waals surface area contributed by atoms with E-state index in [-0.39, 0.29) is 16.2 Å². The minimum absolute atomic E-state index is 0.107. The number of rotatable bonds is 7. The second-order valence-electron chi connectivity index (χ2n) is 29.5. The number of fused-ring (bicyclic) bond motifs is 15. The molecule has 0 heteroatoms. The maximum Gasteiger partial charge on any atom is 0.0159 e. The van der Waals surface area contributed by atoms with E-state index in [1.165, 1.54) is 204 Å². The molecule has 16 aromatic carbocycles. The maximum absolute atomic E-state index is 2.54. The largest absolute Gasteiger partial charge is 0.0619 e. The summed E-state index contributed by atoms with van der Waals surface area (Å²) in [6, 6.07) is 110. The quantitative estimate of drug-likeness (QED) is 0.140. The van der Waals surface area contributed by atoms with Crippen LogP contribution in [0, 0.1) is 0 Å². The first-order valence-electron chi connectivity index (χ1n) is 34.5. The van der Waals surface area contributed by atoms with Gasteiger partial charge in [-0.25, -0.2) is 0 Å². The molecule has 0 amide bonds. The fraction of sp³-hybridized carbons (Fsp3) is 0.125. The Hall–Kier alpha value is -10.9. The van der Waals surface area contributed by atoms with Crippen LogP contribution in [0.25, 0.3) is 165 Å². The molecule has 0 spiro atoms. The van der Waals surface area contributed by atoms with Crippen LogP contribution in [0.15, 0.2) is 285 Å². The number of benzene rings is 16. The standard InChI is InChI=1S/C96H72/c1-56(2)57-37-39-58(40-38-57)88-70-24-9-11-26-72(70)89(73-27-12-10-25-71(73)88)62-44-49-68-66-46-41-59(51-83(66)95(5,6)86(68)54-62)60-42-47-67-69-50-45-63(55-87(69)96(7,8)84(67)52-60)91-76-30-15-19-34-80(76)93(81-35-20-16-31-77(81)91)92-78-32-17-13-28-74(78)90(75-29-14-18-33-79(75)92)61-43-48-65-64-23-21-22-36-82(64)94(3,4)85(65)53-61/h9-56H,1-8H3. The molecule has 19 rings (SSSR count). The van der Waals surface area contributed by atoms with E-state index in [2.05, 4.69) is 341 Å². The van der Waals surface area contributed by atoms with Crippen molar-refractivity contribution in [3.05, 3.63) is 324 Å². The smallest absolute Gasteiger partial charge is 0.0159 e. The second kappa shape index (κ2) is 20.5. The molecule has 16 aromatic rings. The van der Waals surface area contributed by atoms with Gasteiger partial charge in [0.25, 0.3) is 0 Å². The highest BCUT2D eigenvalue weighted by Crippen LogP contribution is 2.58. The highest BCUT2D eigenvalue weighted by molar-refractivity contribution is 6.30. The van der Waals surface area contributed by atoms with E-state index in [9.17, 15) is 0 Å². The molecule has 0 aliphatic heterocycles. The molecule has 0 N–H and O–H groups in total. The van der Waals surface area contributed by atoms with Crippen molar-refractivity contribution in [1.82, 2.24) is 0 Å². The van der Waals surface area contributed by atoms with E-state index >= 15 is 0 Å². The summed E-state index contributed by atoms with van der Waals surface area (Å²) in [5.74, 6) is 0.482. The van der Waals surface area contributed by atoms with Crippen molar-refractivity contribution < 1.29 is 0 Å². The molecule has 0 saturated heterocycles. The van der Waals surface area contributed by atoms with E-state index in [4.69, 9.17) is 0 Å². The Labute approximate surface area is 562 Å². The lowest BCUT2D eigenvalue weighted by Crippen LogP contribution is -2.15. The predicted octanol–water partition coefficient (Wildman–Crippen LogP) is 26.7. The Morgan fingerprint density at radius 2 is 0.396 bits per heavy atom.